The Morgan fingerprint density at radius 2 is 2.07 bits per heavy atom. The van der Waals surface area contributed by atoms with Crippen LogP contribution in [0.15, 0.2) is 52.8 Å². The topological polar surface area (TPSA) is 71.2 Å². The second kappa shape index (κ2) is 10.0. The van der Waals surface area contributed by atoms with Crippen molar-refractivity contribution >= 4 is 34.1 Å². The fraction of sp³-hybridized carbons (Fsp3) is 0.238. The highest BCUT2D eigenvalue weighted by molar-refractivity contribution is 9.10. The van der Waals surface area contributed by atoms with Gasteiger partial charge < -0.3 is 15.0 Å². The van der Waals surface area contributed by atoms with Crippen molar-refractivity contribution in [2.75, 3.05) is 13.7 Å². The van der Waals surface area contributed by atoms with E-state index in [1.807, 2.05) is 30.3 Å². The van der Waals surface area contributed by atoms with Gasteiger partial charge in [0.2, 0.25) is 0 Å². The maximum atomic E-state index is 12.0. The summed E-state index contributed by atoms with van der Waals surface area (Å²) >= 11 is 3.40. The van der Waals surface area contributed by atoms with Gasteiger partial charge >= 0.3 is 5.97 Å². The first kappa shape index (κ1) is 20.9. The van der Waals surface area contributed by atoms with Crippen LogP contribution in [0.5, 0.6) is 0 Å². The highest BCUT2D eigenvalue weighted by Gasteiger charge is 2.21. The Labute approximate surface area is 167 Å². The number of carbonyl (C=O) groups is 1. The molecule has 0 spiro atoms. The van der Waals surface area contributed by atoms with Crippen molar-refractivity contribution < 1.29 is 9.53 Å². The molecule has 2 N–H and O–H groups in total. The Morgan fingerprint density at radius 1 is 1.30 bits per heavy atom. The molecular formula is C21H23BrN2O3. The van der Waals surface area contributed by atoms with Gasteiger partial charge in [0.05, 0.1) is 7.11 Å². The lowest BCUT2D eigenvalue weighted by Gasteiger charge is -2.06. The third-order valence-corrected chi connectivity index (χ3v) is 4.70. The fourth-order valence-electron chi connectivity index (χ4n) is 2.80. The summed E-state index contributed by atoms with van der Waals surface area (Å²) in [5, 5.41) is 3.03. The molecule has 1 saturated heterocycles. The number of pyridine rings is 1. The van der Waals surface area contributed by atoms with Crippen LogP contribution in [-0.4, -0.2) is 30.6 Å². The van der Waals surface area contributed by atoms with E-state index in [1.54, 1.807) is 12.2 Å². The van der Waals surface area contributed by atoms with E-state index in [4.69, 9.17) is 0 Å². The zero-order chi connectivity index (χ0) is 19.8. The normalized spacial score (nSPS) is 15.4. The largest absolute Gasteiger partial charge is 0.468 e. The van der Waals surface area contributed by atoms with Crippen LogP contribution in [0.4, 0.5) is 0 Å². The molecule has 3 rings (SSSR count). The average molecular weight is 431 g/mol. The summed E-state index contributed by atoms with van der Waals surface area (Å²) < 4.78 is 5.47. The van der Waals surface area contributed by atoms with Gasteiger partial charge in [-0.2, -0.15) is 0 Å². The molecule has 0 amide bonds. The number of hydrogen-bond acceptors (Lipinski definition) is 4. The van der Waals surface area contributed by atoms with Crippen molar-refractivity contribution in [2.45, 2.75) is 18.9 Å². The molecule has 1 unspecified atom stereocenters. The van der Waals surface area contributed by atoms with Crippen molar-refractivity contribution in [3.05, 3.63) is 69.6 Å². The number of H-pyrrole nitrogens is 1. The van der Waals surface area contributed by atoms with E-state index in [1.165, 1.54) is 7.11 Å². The number of benzene rings is 1. The third kappa shape index (κ3) is 5.52. The Hall–Kier alpha value is -2.44. The highest BCUT2D eigenvalue weighted by atomic mass is 79.9. The van der Waals surface area contributed by atoms with Crippen molar-refractivity contribution in [1.82, 2.24) is 10.3 Å². The Kier molecular flexibility index (Phi) is 7.76. The molecule has 1 atom stereocenters. The van der Waals surface area contributed by atoms with Crippen LogP contribution in [-0.2, 0) is 9.53 Å². The summed E-state index contributed by atoms with van der Waals surface area (Å²) in [6.07, 6.45) is 5.32. The van der Waals surface area contributed by atoms with Crippen LogP contribution in [0, 0.1) is 0 Å². The van der Waals surface area contributed by atoms with Crippen molar-refractivity contribution in [2.24, 2.45) is 0 Å². The molecular weight excluding hydrogens is 408 g/mol. The molecule has 0 saturated carbocycles. The molecule has 2 heterocycles. The minimum absolute atomic E-state index is 0.0324. The number of nitrogens with one attached hydrogen (secondary N) is 2. The minimum atomic E-state index is -0.132. The molecule has 1 aliphatic rings. The summed E-state index contributed by atoms with van der Waals surface area (Å²) in [7, 11) is 1.42. The lowest BCUT2D eigenvalue weighted by atomic mass is 10.0. The van der Waals surface area contributed by atoms with Gasteiger partial charge in [-0.15, -0.1) is 0 Å². The number of hydrogen-bond donors (Lipinski definition) is 2. The van der Waals surface area contributed by atoms with E-state index in [2.05, 4.69) is 44.1 Å². The summed E-state index contributed by atoms with van der Waals surface area (Å²) in [5.74, 6) is -0.132. The van der Waals surface area contributed by atoms with Crippen molar-refractivity contribution in [1.29, 1.82) is 0 Å². The third-order valence-electron chi connectivity index (χ3n) is 4.21. The van der Waals surface area contributed by atoms with E-state index < -0.39 is 0 Å². The van der Waals surface area contributed by atoms with Gasteiger partial charge in [-0.3, -0.25) is 9.59 Å². The van der Waals surface area contributed by atoms with Crippen LogP contribution in [0.2, 0.25) is 0 Å². The molecule has 0 radical (unpaired) electrons. The summed E-state index contributed by atoms with van der Waals surface area (Å²) in [4.78, 5) is 25.6. The molecule has 6 heteroatoms. The first-order valence-corrected chi connectivity index (χ1v) is 9.38. The number of ether oxygens (including phenoxy) is 1. The van der Waals surface area contributed by atoms with Gasteiger partial charge in [0.15, 0.2) is 0 Å². The molecule has 27 heavy (non-hydrogen) atoms. The van der Waals surface area contributed by atoms with Gasteiger partial charge in [-0.1, -0.05) is 47.3 Å². The number of rotatable bonds is 4. The van der Waals surface area contributed by atoms with E-state index in [-0.39, 0.29) is 17.6 Å². The average Bonchev–Trinajstić information content (AvgIpc) is 3.22. The van der Waals surface area contributed by atoms with Crippen molar-refractivity contribution in [3.8, 4) is 11.1 Å². The van der Waals surface area contributed by atoms with Crippen LogP contribution in [0.3, 0.4) is 0 Å². The second-order valence-corrected chi connectivity index (χ2v) is 6.89. The molecule has 1 aliphatic heterocycles. The lowest BCUT2D eigenvalue weighted by molar-refractivity contribution is -0.142. The van der Waals surface area contributed by atoms with Gasteiger partial charge in [-0.25, -0.2) is 0 Å². The summed E-state index contributed by atoms with van der Waals surface area (Å²) in [5.41, 5.74) is 2.91. The predicted octanol–water partition coefficient (Wildman–Crippen LogP) is 4.00. The quantitative estimate of drug-likeness (QED) is 0.718. The lowest BCUT2D eigenvalue weighted by Crippen LogP contribution is -2.31. The molecule has 0 aliphatic carbocycles. The van der Waals surface area contributed by atoms with Crippen LogP contribution >= 0.6 is 15.9 Å². The minimum Gasteiger partial charge on any atom is -0.468 e. The summed E-state index contributed by atoms with van der Waals surface area (Å²) in [6.45, 7) is 8.36. The number of aromatic amines is 1. The fourth-order valence-corrected chi connectivity index (χ4v) is 3.20. The van der Waals surface area contributed by atoms with Crippen LogP contribution in [0.25, 0.3) is 23.3 Å². The van der Waals surface area contributed by atoms with E-state index in [0.717, 1.165) is 35.0 Å². The van der Waals surface area contributed by atoms with Crippen LogP contribution < -0.4 is 10.9 Å². The number of esters is 1. The molecule has 2 aromatic rings. The van der Waals surface area contributed by atoms with Crippen molar-refractivity contribution in [3.63, 3.8) is 0 Å². The Bertz CT molecular complexity index is 883. The van der Waals surface area contributed by atoms with E-state index in [0.29, 0.717) is 11.3 Å². The molecule has 0 bridgehead atoms. The first-order valence-electron chi connectivity index (χ1n) is 8.59. The molecule has 1 aromatic heterocycles. The number of aromatic nitrogens is 1. The van der Waals surface area contributed by atoms with E-state index >= 15 is 0 Å². The van der Waals surface area contributed by atoms with Crippen LogP contribution in [0.1, 0.15) is 24.1 Å². The number of methoxy groups -OCH3 is 1. The molecule has 5 nitrogen and oxygen atoms in total. The second-order valence-electron chi connectivity index (χ2n) is 5.97. The number of carbonyl (C=O) groups excluding carboxylic acids is 1. The maximum Gasteiger partial charge on any atom is 0.322 e. The molecule has 1 fully saturated rings. The monoisotopic (exact) mass is 430 g/mol. The Balaban J connectivity index is 0.000000244. The zero-order valence-corrected chi connectivity index (χ0v) is 16.8. The smallest absolute Gasteiger partial charge is 0.322 e. The highest BCUT2D eigenvalue weighted by Crippen LogP contribution is 2.22. The molecule has 142 valence electrons. The molecule has 1 aromatic carbocycles. The number of halogens is 1. The van der Waals surface area contributed by atoms with Gasteiger partial charge in [0.1, 0.15) is 6.04 Å². The van der Waals surface area contributed by atoms with E-state index in [9.17, 15) is 9.59 Å². The SMILES string of the molecule is C=Cc1cc(-c2cccc(Br)c2)c(=O)[nH]c1C=C.COC(=O)C1CCCN1. The van der Waals surface area contributed by atoms with Gasteiger partial charge in [0.25, 0.3) is 5.56 Å². The summed E-state index contributed by atoms with van der Waals surface area (Å²) in [6, 6.07) is 9.42. The zero-order valence-electron chi connectivity index (χ0n) is 15.3. The maximum absolute atomic E-state index is 12.0. The standard InChI is InChI=1S/C15H12BrNO.C6H11NO2/c1-3-10-9-13(15(18)17-14(10)4-2)11-6-5-7-12(16)8-11;1-9-6(8)5-3-2-4-7-5/h3-9H,1-2H2,(H,17,18);5,7H,2-4H2,1H3. The first-order chi connectivity index (χ1) is 13.0. The van der Waals surface area contributed by atoms with Gasteiger partial charge in [-0.05, 0) is 54.8 Å². The predicted molar refractivity (Wildman–Crippen MR) is 113 cm³/mol. The van der Waals surface area contributed by atoms with Gasteiger partial charge in [0, 0.05) is 15.7 Å². The Morgan fingerprint density at radius 3 is 2.63 bits per heavy atom.